The number of benzene rings is 3. The topological polar surface area (TPSA) is 47.6 Å². The highest BCUT2D eigenvalue weighted by atomic mass is 35.5. The highest BCUT2D eigenvalue weighted by Crippen LogP contribution is 2.38. The first-order valence-corrected chi connectivity index (χ1v) is 10.3. The fourth-order valence-corrected chi connectivity index (χ4v) is 4.17. The van der Waals surface area contributed by atoms with E-state index < -0.39 is 5.41 Å². The molecule has 0 saturated carbocycles. The largest absolute Gasteiger partial charge is 0.493 e. The van der Waals surface area contributed by atoms with Crippen LogP contribution in [0.25, 0.3) is 10.8 Å². The van der Waals surface area contributed by atoms with Crippen LogP contribution in [0.2, 0.25) is 5.02 Å². The maximum absolute atomic E-state index is 13.6. The number of rotatable bonds is 5. The molecule has 0 aromatic heterocycles. The van der Waals surface area contributed by atoms with Gasteiger partial charge in [0.25, 0.3) is 0 Å². The van der Waals surface area contributed by atoms with Gasteiger partial charge in [-0.05, 0) is 49.6 Å². The number of anilines is 1. The Morgan fingerprint density at radius 2 is 1.72 bits per heavy atom. The summed E-state index contributed by atoms with van der Waals surface area (Å²) in [6.45, 7) is 3.67. The summed E-state index contributed by atoms with van der Waals surface area (Å²) in [4.78, 5) is 13.6. The average molecular weight is 410 g/mol. The van der Waals surface area contributed by atoms with Crippen LogP contribution in [0.5, 0.6) is 5.75 Å². The molecule has 1 fully saturated rings. The molecule has 1 amide bonds. The number of fused-ring (bicyclic) bond motifs is 1. The molecule has 4 nitrogen and oxygen atoms in total. The van der Waals surface area contributed by atoms with Crippen LogP contribution in [0.3, 0.4) is 0 Å². The van der Waals surface area contributed by atoms with Gasteiger partial charge in [-0.15, -0.1) is 0 Å². The first-order valence-electron chi connectivity index (χ1n) is 9.94. The van der Waals surface area contributed by atoms with Gasteiger partial charge in [0.2, 0.25) is 5.91 Å². The van der Waals surface area contributed by atoms with E-state index in [4.69, 9.17) is 21.1 Å². The van der Waals surface area contributed by atoms with E-state index in [-0.39, 0.29) is 5.91 Å². The van der Waals surface area contributed by atoms with E-state index in [1.807, 2.05) is 67.6 Å². The number of carbonyl (C=O) groups is 1. The first-order chi connectivity index (χ1) is 14.1. The lowest BCUT2D eigenvalue weighted by Gasteiger charge is -2.36. The van der Waals surface area contributed by atoms with Crippen LogP contribution in [0.4, 0.5) is 5.69 Å². The Morgan fingerprint density at radius 1 is 1.03 bits per heavy atom. The van der Waals surface area contributed by atoms with Gasteiger partial charge in [-0.3, -0.25) is 4.79 Å². The van der Waals surface area contributed by atoms with Crippen molar-refractivity contribution in [2.24, 2.45) is 0 Å². The molecule has 1 aliphatic heterocycles. The second kappa shape index (κ2) is 8.44. The van der Waals surface area contributed by atoms with E-state index in [1.165, 1.54) is 0 Å². The van der Waals surface area contributed by atoms with Gasteiger partial charge in [0, 0.05) is 34.7 Å². The van der Waals surface area contributed by atoms with E-state index in [1.54, 1.807) is 0 Å². The number of carbonyl (C=O) groups excluding carboxylic acids is 1. The third kappa shape index (κ3) is 3.83. The Bertz CT molecular complexity index is 1010. The molecule has 150 valence electrons. The van der Waals surface area contributed by atoms with Gasteiger partial charge in [-0.1, -0.05) is 48.0 Å². The van der Waals surface area contributed by atoms with Gasteiger partial charge in [-0.25, -0.2) is 0 Å². The second-order valence-electron chi connectivity index (χ2n) is 7.25. The highest BCUT2D eigenvalue weighted by Gasteiger charge is 2.41. The smallest absolute Gasteiger partial charge is 0.235 e. The minimum absolute atomic E-state index is 0.0163. The molecule has 0 atom stereocenters. The SMILES string of the molecule is CCOc1ccc(NC(=O)C2(c3ccc(Cl)cc3)CCOCC2)c2ccccc12. The van der Waals surface area contributed by atoms with Gasteiger partial charge >= 0.3 is 0 Å². The molecule has 0 unspecified atom stereocenters. The normalized spacial score (nSPS) is 15.8. The second-order valence-corrected chi connectivity index (χ2v) is 7.68. The van der Waals surface area contributed by atoms with Crippen molar-refractivity contribution in [3.05, 3.63) is 71.2 Å². The van der Waals surface area contributed by atoms with Crippen LogP contribution in [-0.2, 0) is 14.9 Å². The molecular formula is C24H24ClNO3. The van der Waals surface area contributed by atoms with E-state index >= 15 is 0 Å². The molecule has 1 heterocycles. The average Bonchev–Trinajstić information content (AvgIpc) is 2.76. The highest BCUT2D eigenvalue weighted by molar-refractivity contribution is 6.30. The maximum atomic E-state index is 13.6. The monoisotopic (exact) mass is 409 g/mol. The fourth-order valence-electron chi connectivity index (χ4n) is 4.04. The van der Waals surface area contributed by atoms with Crippen LogP contribution in [0, 0.1) is 0 Å². The molecule has 0 aliphatic carbocycles. The summed E-state index contributed by atoms with van der Waals surface area (Å²) in [5.41, 5.74) is 1.12. The lowest BCUT2D eigenvalue weighted by Crippen LogP contribution is -2.44. The van der Waals surface area contributed by atoms with Crippen molar-refractivity contribution in [2.45, 2.75) is 25.2 Å². The van der Waals surface area contributed by atoms with Crippen LogP contribution < -0.4 is 10.1 Å². The molecule has 5 heteroatoms. The summed E-state index contributed by atoms with van der Waals surface area (Å²) in [7, 11) is 0. The molecule has 29 heavy (non-hydrogen) atoms. The summed E-state index contributed by atoms with van der Waals surface area (Å²) in [6, 6.07) is 19.4. The van der Waals surface area contributed by atoms with Crippen LogP contribution >= 0.6 is 11.6 Å². The molecule has 0 bridgehead atoms. The number of ether oxygens (including phenoxy) is 2. The molecule has 3 aromatic rings. The fraction of sp³-hybridized carbons (Fsp3) is 0.292. The van der Waals surface area contributed by atoms with E-state index in [0.717, 1.165) is 27.8 Å². The number of hydrogen-bond donors (Lipinski definition) is 1. The van der Waals surface area contributed by atoms with Crippen LogP contribution in [0.15, 0.2) is 60.7 Å². The van der Waals surface area contributed by atoms with E-state index in [0.29, 0.717) is 37.7 Å². The summed E-state index contributed by atoms with van der Waals surface area (Å²) in [6.07, 6.45) is 1.27. The minimum atomic E-state index is -0.636. The number of nitrogens with one attached hydrogen (secondary N) is 1. The Kier molecular flexibility index (Phi) is 5.74. The molecule has 4 rings (SSSR count). The standard InChI is InChI=1S/C24H24ClNO3/c1-2-29-22-12-11-21(19-5-3-4-6-20(19)22)26-23(27)24(13-15-28-16-14-24)17-7-9-18(25)10-8-17/h3-12H,2,13-16H2,1H3,(H,26,27). The van der Waals surface area contributed by atoms with Crippen molar-refractivity contribution in [3.63, 3.8) is 0 Å². The maximum Gasteiger partial charge on any atom is 0.235 e. The molecule has 3 aromatic carbocycles. The zero-order chi connectivity index (χ0) is 20.3. The molecule has 1 N–H and O–H groups in total. The number of hydrogen-bond acceptors (Lipinski definition) is 3. The number of amides is 1. The van der Waals surface area contributed by atoms with Crippen molar-refractivity contribution in [3.8, 4) is 5.75 Å². The minimum Gasteiger partial charge on any atom is -0.493 e. The van der Waals surface area contributed by atoms with Gasteiger partial charge in [0.05, 0.1) is 12.0 Å². The molecular weight excluding hydrogens is 386 g/mol. The van der Waals surface area contributed by atoms with Crippen molar-refractivity contribution < 1.29 is 14.3 Å². The Hall–Kier alpha value is -2.56. The van der Waals surface area contributed by atoms with Crippen LogP contribution in [0.1, 0.15) is 25.3 Å². The van der Waals surface area contributed by atoms with E-state index in [2.05, 4.69) is 5.32 Å². The summed E-state index contributed by atoms with van der Waals surface area (Å²) in [5, 5.41) is 5.80. The zero-order valence-electron chi connectivity index (χ0n) is 16.4. The quantitative estimate of drug-likeness (QED) is 0.598. The number of halogens is 1. The molecule has 0 spiro atoms. The third-order valence-electron chi connectivity index (χ3n) is 5.61. The third-order valence-corrected chi connectivity index (χ3v) is 5.86. The predicted molar refractivity (Wildman–Crippen MR) is 117 cm³/mol. The van der Waals surface area contributed by atoms with Gasteiger partial charge in [0.15, 0.2) is 0 Å². The summed E-state index contributed by atoms with van der Waals surface area (Å²) in [5.74, 6) is 0.803. The first kappa shape index (κ1) is 19.7. The molecule has 1 saturated heterocycles. The molecule has 0 radical (unpaired) electrons. The lowest BCUT2D eigenvalue weighted by atomic mass is 9.73. The van der Waals surface area contributed by atoms with Crippen molar-refractivity contribution >= 4 is 34.0 Å². The van der Waals surface area contributed by atoms with E-state index in [9.17, 15) is 4.79 Å². The lowest BCUT2D eigenvalue weighted by molar-refractivity contribution is -0.125. The van der Waals surface area contributed by atoms with Gasteiger partial charge in [0.1, 0.15) is 5.75 Å². The zero-order valence-corrected chi connectivity index (χ0v) is 17.2. The van der Waals surface area contributed by atoms with Crippen molar-refractivity contribution in [1.82, 2.24) is 0 Å². The Morgan fingerprint density at radius 3 is 2.41 bits per heavy atom. The predicted octanol–water partition coefficient (Wildman–Crippen LogP) is 5.58. The summed E-state index contributed by atoms with van der Waals surface area (Å²) < 4.78 is 11.3. The van der Waals surface area contributed by atoms with Gasteiger partial charge in [-0.2, -0.15) is 0 Å². The van der Waals surface area contributed by atoms with Crippen molar-refractivity contribution in [2.75, 3.05) is 25.1 Å². The Labute approximate surface area is 175 Å². The molecule has 1 aliphatic rings. The van der Waals surface area contributed by atoms with Crippen molar-refractivity contribution in [1.29, 1.82) is 0 Å². The Balaban J connectivity index is 1.72. The van der Waals surface area contributed by atoms with Crippen LogP contribution in [-0.4, -0.2) is 25.7 Å². The summed E-state index contributed by atoms with van der Waals surface area (Å²) >= 11 is 6.07. The van der Waals surface area contributed by atoms with Gasteiger partial charge < -0.3 is 14.8 Å².